The topological polar surface area (TPSA) is 49.4 Å². The Kier molecular flexibility index (Phi) is 4.43. The van der Waals surface area contributed by atoms with Crippen molar-refractivity contribution in [3.63, 3.8) is 0 Å². The van der Waals surface area contributed by atoms with Gasteiger partial charge in [0.1, 0.15) is 12.1 Å². The first kappa shape index (κ1) is 15.0. The Bertz CT molecular complexity index is 385. The second-order valence-corrected chi connectivity index (χ2v) is 6.12. The van der Waals surface area contributed by atoms with Gasteiger partial charge in [0.2, 0.25) is 11.8 Å². The molecule has 0 radical (unpaired) electrons. The average Bonchev–Trinajstić information content (AvgIpc) is 2.27. The molecule has 1 rings (SSSR count). The summed E-state index contributed by atoms with van der Waals surface area (Å²) in [4.78, 5) is 25.9. The minimum atomic E-state index is -0.482. The predicted octanol–water partition coefficient (Wildman–Crippen LogP) is 1.89. The maximum atomic E-state index is 12.4. The molecular formula is C13H21ClN2O2. The number of piperazine rings is 1. The molecule has 1 fully saturated rings. The monoisotopic (exact) mass is 272 g/mol. The van der Waals surface area contributed by atoms with Gasteiger partial charge in [0.15, 0.2) is 0 Å². The van der Waals surface area contributed by atoms with E-state index in [1.54, 1.807) is 11.8 Å². The molecule has 5 heteroatoms. The fourth-order valence-corrected chi connectivity index (χ4v) is 2.00. The van der Waals surface area contributed by atoms with Gasteiger partial charge >= 0.3 is 0 Å². The number of nitrogens with one attached hydrogen (secondary N) is 1. The number of amides is 2. The maximum Gasteiger partial charge on any atom is 0.246 e. The zero-order chi connectivity index (χ0) is 14.1. The standard InChI is InChI=1S/C13H21ClN2O2/c1-8(6-14)7-16-9(2)11(17)15-10(12(16)18)13(3,4)5/h6,9-10H,7H2,1-5H3,(H,15,17). The third kappa shape index (κ3) is 3.05. The molecule has 0 spiro atoms. The Morgan fingerprint density at radius 1 is 1.44 bits per heavy atom. The van der Waals surface area contributed by atoms with Gasteiger partial charge in [-0.25, -0.2) is 0 Å². The molecule has 0 bridgehead atoms. The largest absolute Gasteiger partial charge is 0.342 e. The zero-order valence-electron chi connectivity index (χ0n) is 11.6. The molecule has 0 saturated carbocycles. The van der Waals surface area contributed by atoms with Crippen LogP contribution in [0.5, 0.6) is 0 Å². The third-order valence-corrected chi connectivity index (χ3v) is 3.51. The highest BCUT2D eigenvalue weighted by atomic mass is 35.5. The van der Waals surface area contributed by atoms with E-state index in [2.05, 4.69) is 5.32 Å². The molecule has 0 aromatic heterocycles. The van der Waals surface area contributed by atoms with Gasteiger partial charge in [0.05, 0.1) is 0 Å². The van der Waals surface area contributed by atoms with Crippen molar-refractivity contribution in [2.45, 2.75) is 46.7 Å². The first-order valence-corrected chi connectivity index (χ1v) is 6.49. The van der Waals surface area contributed by atoms with Crippen LogP contribution in [0.1, 0.15) is 34.6 Å². The zero-order valence-corrected chi connectivity index (χ0v) is 12.3. The van der Waals surface area contributed by atoms with Gasteiger partial charge in [-0.05, 0) is 24.8 Å². The lowest BCUT2D eigenvalue weighted by Gasteiger charge is -2.42. The first-order chi connectivity index (χ1) is 8.18. The van der Waals surface area contributed by atoms with Crippen molar-refractivity contribution in [1.29, 1.82) is 0 Å². The van der Waals surface area contributed by atoms with Crippen LogP contribution in [-0.4, -0.2) is 35.3 Å². The summed E-state index contributed by atoms with van der Waals surface area (Å²) in [5.41, 5.74) is 2.00. The third-order valence-electron chi connectivity index (χ3n) is 3.14. The Hall–Kier alpha value is -1.03. The number of hydrogen-bond donors (Lipinski definition) is 1. The van der Waals surface area contributed by atoms with E-state index < -0.39 is 12.1 Å². The Morgan fingerprint density at radius 3 is 2.44 bits per heavy atom. The van der Waals surface area contributed by atoms with E-state index in [4.69, 9.17) is 11.6 Å². The summed E-state index contributed by atoms with van der Waals surface area (Å²) < 4.78 is 0. The summed E-state index contributed by atoms with van der Waals surface area (Å²) in [5, 5.41) is 2.79. The minimum absolute atomic E-state index is 0.0486. The Labute approximate surface area is 113 Å². The molecule has 1 aliphatic heterocycles. The van der Waals surface area contributed by atoms with Gasteiger partial charge in [-0.15, -0.1) is 0 Å². The number of hydrogen-bond acceptors (Lipinski definition) is 2. The van der Waals surface area contributed by atoms with E-state index in [0.717, 1.165) is 5.57 Å². The minimum Gasteiger partial charge on any atom is -0.342 e. The van der Waals surface area contributed by atoms with Crippen molar-refractivity contribution >= 4 is 23.4 Å². The van der Waals surface area contributed by atoms with Crippen molar-refractivity contribution < 1.29 is 9.59 Å². The van der Waals surface area contributed by atoms with E-state index in [9.17, 15) is 9.59 Å². The van der Waals surface area contributed by atoms with Crippen LogP contribution < -0.4 is 5.32 Å². The first-order valence-electron chi connectivity index (χ1n) is 6.05. The molecule has 1 saturated heterocycles. The number of rotatable bonds is 2. The number of halogens is 1. The molecule has 4 nitrogen and oxygen atoms in total. The van der Waals surface area contributed by atoms with Gasteiger partial charge in [0.25, 0.3) is 0 Å². The van der Waals surface area contributed by atoms with Crippen molar-refractivity contribution in [2.75, 3.05) is 6.54 Å². The molecule has 1 N–H and O–H groups in total. The van der Waals surface area contributed by atoms with Gasteiger partial charge in [-0.3, -0.25) is 9.59 Å². The van der Waals surface area contributed by atoms with E-state index in [0.29, 0.717) is 6.54 Å². The van der Waals surface area contributed by atoms with Crippen LogP contribution in [0.2, 0.25) is 0 Å². The van der Waals surface area contributed by atoms with Crippen LogP contribution in [0.25, 0.3) is 0 Å². The van der Waals surface area contributed by atoms with Gasteiger partial charge in [0, 0.05) is 12.1 Å². The lowest BCUT2D eigenvalue weighted by molar-refractivity contribution is -0.151. The van der Waals surface area contributed by atoms with Crippen LogP contribution in [0.15, 0.2) is 11.1 Å². The van der Waals surface area contributed by atoms with Crippen LogP contribution in [0, 0.1) is 5.41 Å². The van der Waals surface area contributed by atoms with Crippen LogP contribution >= 0.6 is 11.6 Å². The molecule has 1 heterocycles. The highest BCUT2D eigenvalue weighted by molar-refractivity contribution is 6.25. The van der Waals surface area contributed by atoms with Gasteiger partial charge in [-0.1, -0.05) is 32.4 Å². The van der Waals surface area contributed by atoms with E-state index in [1.165, 1.54) is 5.54 Å². The van der Waals surface area contributed by atoms with Crippen molar-refractivity contribution in [3.8, 4) is 0 Å². The van der Waals surface area contributed by atoms with E-state index in [-0.39, 0.29) is 17.2 Å². The lowest BCUT2D eigenvalue weighted by Crippen LogP contribution is -2.65. The Morgan fingerprint density at radius 2 is 2.00 bits per heavy atom. The van der Waals surface area contributed by atoms with Crippen molar-refractivity contribution in [2.24, 2.45) is 5.41 Å². The predicted molar refractivity (Wildman–Crippen MR) is 72.2 cm³/mol. The van der Waals surface area contributed by atoms with Gasteiger partial charge < -0.3 is 10.2 Å². The highest BCUT2D eigenvalue weighted by Crippen LogP contribution is 2.25. The van der Waals surface area contributed by atoms with E-state index >= 15 is 0 Å². The summed E-state index contributed by atoms with van der Waals surface area (Å²) in [7, 11) is 0. The molecule has 2 amide bonds. The number of carbonyl (C=O) groups excluding carboxylic acids is 2. The van der Waals surface area contributed by atoms with Gasteiger partial charge in [-0.2, -0.15) is 0 Å². The summed E-state index contributed by atoms with van der Waals surface area (Å²) in [6.07, 6.45) is 0. The SMILES string of the molecule is CC(=CCl)CN1C(=O)C(C(C)(C)C)NC(=O)C1C. The molecule has 0 aromatic carbocycles. The molecule has 0 aromatic rings. The summed E-state index contributed by atoms with van der Waals surface area (Å²) in [6.45, 7) is 9.78. The molecule has 102 valence electrons. The fourth-order valence-electron chi connectivity index (χ4n) is 1.93. The average molecular weight is 273 g/mol. The lowest BCUT2D eigenvalue weighted by atomic mass is 9.84. The summed E-state index contributed by atoms with van der Waals surface area (Å²) >= 11 is 5.63. The van der Waals surface area contributed by atoms with Crippen LogP contribution in [0.4, 0.5) is 0 Å². The highest BCUT2D eigenvalue weighted by Gasteiger charge is 2.43. The van der Waals surface area contributed by atoms with Crippen LogP contribution in [-0.2, 0) is 9.59 Å². The second kappa shape index (κ2) is 5.31. The fraction of sp³-hybridized carbons (Fsp3) is 0.692. The quantitative estimate of drug-likeness (QED) is 0.835. The number of nitrogens with zero attached hydrogens (tertiary/aromatic N) is 1. The molecular weight excluding hydrogens is 252 g/mol. The Balaban J connectivity index is 3.00. The maximum absolute atomic E-state index is 12.4. The normalized spacial score (nSPS) is 26.3. The molecule has 2 atom stereocenters. The van der Waals surface area contributed by atoms with E-state index in [1.807, 2.05) is 27.7 Å². The smallest absolute Gasteiger partial charge is 0.246 e. The second-order valence-electron chi connectivity index (χ2n) is 5.91. The molecule has 2 unspecified atom stereocenters. The molecule has 18 heavy (non-hydrogen) atoms. The summed E-state index contributed by atoms with van der Waals surface area (Å²) in [6, 6.07) is -0.938. The summed E-state index contributed by atoms with van der Waals surface area (Å²) in [5.74, 6) is -0.163. The molecule has 1 aliphatic rings. The van der Waals surface area contributed by atoms with Crippen molar-refractivity contribution in [3.05, 3.63) is 11.1 Å². The van der Waals surface area contributed by atoms with Crippen molar-refractivity contribution in [1.82, 2.24) is 10.2 Å². The number of carbonyl (C=O) groups is 2. The molecule has 0 aliphatic carbocycles. The van der Waals surface area contributed by atoms with Crippen LogP contribution in [0.3, 0.4) is 0 Å².